The van der Waals surface area contributed by atoms with Gasteiger partial charge in [0, 0.05) is 37.8 Å². The van der Waals surface area contributed by atoms with E-state index in [2.05, 4.69) is 27.3 Å². The monoisotopic (exact) mass is 474 g/mol. The number of nitrogens with zero attached hydrogens (tertiary/aromatic N) is 3. The first-order valence-corrected chi connectivity index (χ1v) is 12.1. The Hall–Kier alpha value is -3.49. The molecule has 0 bridgehead atoms. The van der Waals surface area contributed by atoms with Gasteiger partial charge in [0.2, 0.25) is 11.7 Å². The molecule has 1 saturated heterocycles. The summed E-state index contributed by atoms with van der Waals surface area (Å²) in [6.07, 6.45) is 3.22. The molecule has 5 rings (SSSR count). The van der Waals surface area contributed by atoms with Gasteiger partial charge in [0.05, 0.1) is 19.3 Å². The second kappa shape index (κ2) is 10.8. The van der Waals surface area contributed by atoms with Crippen molar-refractivity contribution in [3.05, 3.63) is 78.4 Å². The van der Waals surface area contributed by atoms with Crippen LogP contribution in [-0.4, -0.2) is 71.5 Å². The van der Waals surface area contributed by atoms with Gasteiger partial charge >= 0.3 is 0 Å². The highest BCUT2D eigenvalue weighted by Gasteiger charge is 2.34. The van der Waals surface area contributed by atoms with Gasteiger partial charge in [-0.15, -0.1) is 0 Å². The van der Waals surface area contributed by atoms with E-state index < -0.39 is 0 Å². The van der Waals surface area contributed by atoms with Crippen LogP contribution in [0, 0.1) is 0 Å². The van der Waals surface area contributed by atoms with Crippen molar-refractivity contribution < 1.29 is 18.7 Å². The second-order valence-corrected chi connectivity index (χ2v) is 9.07. The molecule has 35 heavy (non-hydrogen) atoms. The molecular weight excluding hydrogens is 444 g/mol. The van der Waals surface area contributed by atoms with Crippen LogP contribution in [0.4, 0.5) is 0 Å². The maximum Gasteiger partial charge on any atom is 0.289 e. The van der Waals surface area contributed by atoms with Crippen molar-refractivity contribution in [2.24, 2.45) is 0 Å². The number of rotatable bonds is 9. The van der Waals surface area contributed by atoms with Gasteiger partial charge in [-0.2, -0.15) is 0 Å². The molecule has 0 radical (unpaired) electrons. The summed E-state index contributed by atoms with van der Waals surface area (Å²) in [7, 11) is 0. The van der Waals surface area contributed by atoms with Crippen LogP contribution in [-0.2, 0) is 16.1 Å². The molecule has 1 aliphatic carbocycles. The Kier molecular flexibility index (Phi) is 7.20. The predicted octanol–water partition coefficient (Wildman–Crippen LogP) is 2.96. The van der Waals surface area contributed by atoms with Crippen LogP contribution < -0.4 is 5.32 Å². The molecule has 8 heteroatoms. The Morgan fingerprint density at radius 3 is 2.54 bits per heavy atom. The number of nitrogens with one attached hydrogen (secondary N) is 1. The molecule has 1 unspecified atom stereocenters. The van der Waals surface area contributed by atoms with Crippen molar-refractivity contribution in [1.29, 1.82) is 0 Å². The van der Waals surface area contributed by atoms with Gasteiger partial charge in [0.15, 0.2) is 6.39 Å². The molecule has 1 saturated carbocycles. The number of hydrogen-bond acceptors (Lipinski definition) is 6. The lowest BCUT2D eigenvalue weighted by Crippen LogP contribution is -2.51. The van der Waals surface area contributed by atoms with E-state index in [9.17, 15) is 9.59 Å². The summed E-state index contributed by atoms with van der Waals surface area (Å²) in [5.41, 5.74) is 2.48. The number of hydrogen-bond donors (Lipinski definition) is 1. The van der Waals surface area contributed by atoms with Crippen molar-refractivity contribution in [2.45, 2.75) is 31.5 Å². The average Bonchev–Trinajstić information content (AvgIpc) is 3.62. The van der Waals surface area contributed by atoms with E-state index in [1.54, 1.807) is 0 Å². The number of carbonyl (C=O) groups excluding carboxylic acids is 2. The first-order chi connectivity index (χ1) is 17.2. The van der Waals surface area contributed by atoms with Crippen LogP contribution in [0.3, 0.4) is 0 Å². The van der Waals surface area contributed by atoms with Crippen molar-refractivity contribution in [2.75, 3.05) is 32.8 Å². The maximum atomic E-state index is 13.2. The van der Waals surface area contributed by atoms with Gasteiger partial charge in [-0.25, -0.2) is 4.98 Å². The van der Waals surface area contributed by atoms with Crippen molar-refractivity contribution in [3.8, 4) is 11.3 Å². The molecule has 182 valence electrons. The number of aromatic nitrogens is 1. The first-order valence-electron chi connectivity index (χ1n) is 12.1. The lowest BCUT2D eigenvalue weighted by Gasteiger charge is -2.34. The summed E-state index contributed by atoms with van der Waals surface area (Å²) in [6.45, 7) is 3.13. The third kappa shape index (κ3) is 5.96. The van der Waals surface area contributed by atoms with Gasteiger partial charge in [0.25, 0.3) is 5.91 Å². The molecule has 1 N–H and O–H groups in total. The minimum atomic E-state index is -0.332. The van der Waals surface area contributed by atoms with Crippen LogP contribution in [0.1, 0.15) is 29.0 Å². The number of ether oxygens (including phenoxy) is 1. The zero-order valence-corrected chi connectivity index (χ0v) is 19.6. The number of amides is 2. The van der Waals surface area contributed by atoms with Gasteiger partial charge in [-0.1, -0.05) is 60.7 Å². The molecule has 8 nitrogen and oxygen atoms in total. The first kappa shape index (κ1) is 23.3. The summed E-state index contributed by atoms with van der Waals surface area (Å²) < 4.78 is 11.2. The molecule has 0 spiro atoms. The highest BCUT2D eigenvalue weighted by atomic mass is 16.5. The van der Waals surface area contributed by atoms with Crippen molar-refractivity contribution in [3.63, 3.8) is 0 Å². The molecule has 1 atom stereocenters. The third-order valence-corrected chi connectivity index (χ3v) is 6.40. The molecule has 2 fully saturated rings. The maximum absolute atomic E-state index is 13.2. The fraction of sp³-hybridized carbons (Fsp3) is 0.370. The second-order valence-electron chi connectivity index (χ2n) is 9.07. The van der Waals surface area contributed by atoms with E-state index >= 15 is 0 Å². The fourth-order valence-electron chi connectivity index (χ4n) is 4.41. The Labute approximate surface area is 204 Å². The zero-order valence-electron chi connectivity index (χ0n) is 19.6. The SMILES string of the molecule is O=C(NCC1CN(CC(=O)N(Cc2ccccc2)C2CC2)CCO1)c1ocnc1-c1ccccc1. The quantitative estimate of drug-likeness (QED) is 0.513. The highest BCUT2D eigenvalue weighted by molar-refractivity contribution is 5.97. The Morgan fingerprint density at radius 1 is 1.06 bits per heavy atom. The van der Waals surface area contributed by atoms with Crippen LogP contribution in [0.2, 0.25) is 0 Å². The molecular formula is C27H30N4O4. The molecule has 3 aromatic rings. The molecule has 2 aromatic carbocycles. The van der Waals surface area contributed by atoms with Crippen LogP contribution >= 0.6 is 0 Å². The Bertz CT molecular complexity index is 1130. The number of benzene rings is 2. The van der Waals surface area contributed by atoms with Crippen LogP contribution in [0.25, 0.3) is 11.3 Å². The van der Waals surface area contributed by atoms with Crippen LogP contribution in [0.15, 0.2) is 71.5 Å². The van der Waals surface area contributed by atoms with E-state index in [-0.39, 0.29) is 23.7 Å². The lowest BCUT2D eigenvalue weighted by atomic mass is 10.1. The number of morpholine rings is 1. The molecule has 2 amide bonds. The number of oxazole rings is 1. The van der Waals surface area contributed by atoms with Gasteiger partial charge in [-0.05, 0) is 18.4 Å². The molecule has 1 aromatic heterocycles. The van der Waals surface area contributed by atoms with E-state index in [1.807, 2.05) is 53.4 Å². The van der Waals surface area contributed by atoms with Gasteiger partial charge in [0.1, 0.15) is 5.69 Å². The average molecular weight is 475 g/mol. The zero-order chi connectivity index (χ0) is 24.0. The summed E-state index contributed by atoms with van der Waals surface area (Å²) in [5, 5.41) is 2.90. The van der Waals surface area contributed by atoms with E-state index in [0.29, 0.717) is 51.1 Å². The smallest absolute Gasteiger partial charge is 0.289 e. The van der Waals surface area contributed by atoms with Crippen molar-refractivity contribution in [1.82, 2.24) is 20.1 Å². The van der Waals surface area contributed by atoms with Crippen LogP contribution in [0.5, 0.6) is 0 Å². The Morgan fingerprint density at radius 2 is 1.80 bits per heavy atom. The summed E-state index contributed by atoms with van der Waals surface area (Å²) in [6, 6.07) is 19.9. The summed E-state index contributed by atoms with van der Waals surface area (Å²) in [5.74, 6) is -0.00356. The minimum Gasteiger partial charge on any atom is -0.438 e. The van der Waals surface area contributed by atoms with Crippen molar-refractivity contribution >= 4 is 11.8 Å². The molecule has 2 heterocycles. The third-order valence-electron chi connectivity index (χ3n) is 6.40. The largest absolute Gasteiger partial charge is 0.438 e. The minimum absolute atomic E-state index is 0.148. The predicted molar refractivity (Wildman–Crippen MR) is 130 cm³/mol. The van der Waals surface area contributed by atoms with E-state index in [1.165, 1.54) is 6.39 Å². The summed E-state index contributed by atoms with van der Waals surface area (Å²) in [4.78, 5) is 34.3. The molecule has 1 aliphatic heterocycles. The van der Waals surface area contributed by atoms with Gasteiger partial charge in [-0.3, -0.25) is 14.5 Å². The topological polar surface area (TPSA) is 87.9 Å². The normalized spacial score (nSPS) is 18.2. The highest BCUT2D eigenvalue weighted by Crippen LogP contribution is 2.28. The lowest BCUT2D eigenvalue weighted by molar-refractivity contribution is -0.135. The molecule has 2 aliphatic rings. The van der Waals surface area contributed by atoms with E-state index in [0.717, 1.165) is 24.0 Å². The van der Waals surface area contributed by atoms with E-state index in [4.69, 9.17) is 9.15 Å². The Balaban J connectivity index is 1.14. The summed E-state index contributed by atoms with van der Waals surface area (Å²) >= 11 is 0. The fourth-order valence-corrected chi connectivity index (χ4v) is 4.41. The van der Waals surface area contributed by atoms with Gasteiger partial charge < -0.3 is 19.4 Å². The standard InChI is InChI=1S/C27H30N4O4/c32-24(31(22-11-12-22)16-20-7-3-1-4-8-20)18-30-13-14-34-23(17-30)15-28-27(33)26-25(29-19-35-26)21-9-5-2-6-10-21/h1-10,19,22-23H,11-18H2,(H,28,33). The number of carbonyl (C=O) groups is 2.